The first-order valence-corrected chi connectivity index (χ1v) is 9.27. The molecule has 0 radical (unpaired) electrons. The average Bonchev–Trinajstić information content (AvgIpc) is 3.40. The first kappa shape index (κ1) is 15.9. The number of nitrogens with one attached hydrogen (secondary N) is 1. The van der Waals surface area contributed by atoms with Crippen LogP contribution in [0, 0.1) is 6.92 Å². The van der Waals surface area contributed by atoms with Gasteiger partial charge in [-0.1, -0.05) is 0 Å². The molecule has 0 aliphatic carbocycles. The minimum absolute atomic E-state index is 0.0585. The number of benzene rings is 1. The molecule has 4 heterocycles. The average molecular weight is 378 g/mol. The van der Waals surface area contributed by atoms with Gasteiger partial charge < -0.3 is 4.74 Å². The Kier molecular flexibility index (Phi) is 3.61. The SMILES string of the molecule is Cc1ccnc2nc(C(=O)Nc3nc(-c4ccc5c(c4)CCO5)cs3)nn12. The molecule has 0 unspecified atom stereocenters. The number of rotatable bonds is 3. The van der Waals surface area contributed by atoms with E-state index in [1.165, 1.54) is 21.4 Å². The van der Waals surface area contributed by atoms with Gasteiger partial charge in [-0.3, -0.25) is 10.1 Å². The lowest BCUT2D eigenvalue weighted by atomic mass is 10.1. The second-order valence-electron chi connectivity index (χ2n) is 6.15. The third-order valence-corrected chi connectivity index (χ3v) is 5.10. The summed E-state index contributed by atoms with van der Waals surface area (Å²) in [5.41, 5.74) is 3.85. The molecule has 0 fully saturated rings. The monoisotopic (exact) mass is 378 g/mol. The van der Waals surface area contributed by atoms with Crippen LogP contribution in [0.4, 0.5) is 5.13 Å². The van der Waals surface area contributed by atoms with Crippen LogP contribution in [0.2, 0.25) is 0 Å². The van der Waals surface area contributed by atoms with Gasteiger partial charge in [-0.15, -0.1) is 16.4 Å². The molecular weight excluding hydrogens is 364 g/mol. The topological polar surface area (TPSA) is 94.3 Å². The van der Waals surface area contributed by atoms with E-state index in [2.05, 4.69) is 31.4 Å². The van der Waals surface area contributed by atoms with Gasteiger partial charge in [0.1, 0.15) is 5.75 Å². The van der Waals surface area contributed by atoms with Crippen molar-refractivity contribution in [1.29, 1.82) is 0 Å². The molecule has 1 aliphatic rings. The minimum Gasteiger partial charge on any atom is -0.493 e. The van der Waals surface area contributed by atoms with Crippen molar-refractivity contribution in [3.05, 3.63) is 52.9 Å². The molecule has 0 saturated heterocycles. The molecule has 1 amide bonds. The van der Waals surface area contributed by atoms with Crippen molar-refractivity contribution in [2.45, 2.75) is 13.3 Å². The number of anilines is 1. The van der Waals surface area contributed by atoms with E-state index in [0.29, 0.717) is 10.9 Å². The van der Waals surface area contributed by atoms with Crippen molar-refractivity contribution >= 4 is 28.2 Å². The van der Waals surface area contributed by atoms with Crippen molar-refractivity contribution < 1.29 is 9.53 Å². The van der Waals surface area contributed by atoms with Crippen LogP contribution in [0.5, 0.6) is 5.75 Å². The highest BCUT2D eigenvalue weighted by molar-refractivity contribution is 7.14. The second-order valence-corrected chi connectivity index (χ2v) is 7.00. The molecular formula is C18H14N6O2S. The third kappa shape index (κ3) is 2.81. The summed E-state index contributed by atoms with van der Waals surface area (Å²) in [5.74, 6) is 0.969. The van der Waals surface area contributed by atoms with Gasteiger partial charge in [-0.25, -0.2) is 14.5 Å². The van der Waals surface area contributed by atoms with Crippen molar-refractivity contribution in [2.75, 3.05) is 11.9 Å². The van der Waals surface area contributed by atoms with Crippen LogP contribution in [0.15, 0.2) is 35.8 Å². The first-order valence-electron chi connectivity index (χ1n) is 8.39. The van der Waals surface area contributed by atoms with Crippen LogP contribution in [-0.4, -0.2) is 37.1 Å². The quantitative estimate of drug-likeness (QED) is 0.589. The van der Waals surface area contributed by atoms with Crippen LogP contribution in [0.25, 0.3) is 17.0 Å². The molecule has 0 bridgehead atoms. The Morgan fingerprint density at radius 2 is 2.22 bits per heavy atom. The number of fused-ring (bicyclic) bond motifs is 2. The first-order chi connectivity index (χ1) is 13.2. The summed E-state index contributed by atoms with van der Waals surface area (Å²) >= 11 is 1.36. The smallest absolute Gasteiger partial charge is 0.297 e. The summed E-state index contributed by atoms with van der Waals surface area (Å²) in [5, 5.41) is 9.37. The summed E-state index contributed by atoms with van der Waals surface area (Å²) in [6.07, 6.45) is 2.54. The Hall–Kier alpha value is -3.33. The molecule has 0 spiro atoms. The van der Waals surface area contributed by atoms with Crippen LogP contribution >= 0.6 is 11.3 Å². The molecule has 4 aromatic rings. The van der Waals surface area contributed by atoms with E-state index in [1.807, 2.05) is 24.4 Å². The number of carbonyl (C=O) groups is 1. The van der Waals surface area contributed by atoms with E-state index >= 15 is 0 Å². The zero-order valence-corrected chi connectivity index (χ0v) is 15.2. The maximum atomic E-state index is 12.5. The summed E-state index contributed by atoms with van der Waals surface area (Å²) in [6.45, 7) is 2.59. The van der Waals surface area contributed by atoms with E-state index in [0.717, 1.165) is 35.7 Å². The fourth-order valence-electron chi connectivity index (χ4n) is 2.97. The fraction of sp³-hybridized carbons (Fsp3) is 0.167. The Morgan fingerprint density at radius 3 is 3.11 bits per heavy atom. The zero-order valence-electron chi connectivity index (χ0n) is 14.3. The lowest BCUT2D eigenvalue weighted by Crippen LogP contribution is -2.13. The van der Waals surface area contributed by atoms with Crippen LogP contribution in [-0.2, 0) is 6.42 Å². The van der Waals surface area contributed by atoms with Gasteiger partial charge >= 0.3 is 0 Å². The molecule has 1 aliphatic heterocycles. The van der Waals surface area contributed by atoms with Gasteiger partial charge in [0.2, 0.25) is 5.82 Å². The van der Waals surface area contributed by atoms with Crippen LogP contribution < -0.4 is 10.1 Å². The molecule has 1 aromatic carbocycles. The number of amides is 1. The highest BCUT2D eigenvalue weighted by Crippen LogP contribution is 2.32. The summed E-state index contributed by atoms with van der Waals surface area (Å²) in [4.78, 5) is 25.3. The lowest BCUT2D eigenvalue weighted by molar-refractivity contribution is 0.101. The number of carbonyl (C=O) groups excluding carboxylic acids is 1. The number of hydrogen-bond acceptors (Lipinski definition) is 7. The van der Waals surface area contributed by atoms with E-state index in [4.69, 9.17) is 4.74 Å². The van der Waals surface area contributed by atoms with Gasteiger partial charge in [0.15, 0.2) is 5.13 Å². The van der Waals surface area contributed by atoms with Gasteiger partial charge in [-0.2, -0.15) is 4.98 Å². The number of ether oxygens (including phenoxy) is 1. The molecule has 9 heteroatoms. The minimum atomic E-state index is -0.414. The van der Waals surface area contributed by atoms with Gasteiger partial charge in [-0.05, 0) is 36.8 Å². The molecule has 0 atom stereocenters. The van der Waals surface area contributed by atoms with Crippen molar-refractivity contribution in [3.8, 4) is 17.0 Å². The summed E-state index contributed by atoms with van der Waals surface area (Å²) in [7, 11) is 0. The molecule has 8 nitrogen and oxygen atoms in total. The number of hydrogen-bond donors (Lipinski definition) is 1. The Bertz CT molecular complexity index is 1180. The maximum absolute atomic E-state index is 12.5. The highest BCUT2D eigenvalue weighted by Gasteiger charge is 2.17. The fourth-order valence-corrected chi connectivity index (χ4v) is 3.68. The molecule has 134 valence electrons. The van der Waals surface area contributed by atoms with Gasteiger partial charge in [0, 0.05) is 29.3 Å². The normalized spacial score (nSPS) is 12.8. The lowest BCUT2D eigenvalue weighted by Gasteiger charge is -2.01. The standard InChI is InChI=1S/C18H14N6O2S/c1-10-4-6-19-17-21-15(23-24(10)17)16(25)22-18-20-13(9-27-18)11-2-3-14-12(8-11)5-7-26-14/h2-4,6,8-9H,5,7H2,1H3,(H,20,22,25). The molecule has 5 rings (SSSR count). The maximum Gasteiger partial charge on any atom is 0.297 e. The Morgan fingerprint density at radius 1 is 1.30 bits per heavy atom. The van der Waals surface area contributed by atoms with E-state index in [1.54, 1.807) is 12.3 Å². The second kappa shape index (κ2) is 6.13. The highest BCUT2D eigenvalue weighted by atomic mass is 32.1. The predicted octanol–water partition coefficient (Wildman–Crippen LogP) is 2.74. The van der Waals surface area contributed by atoms with E-state index in [-0.39, 0.29) is 5.82 Å². The zero-order chi connectivity index (χ0) is 18.4. The van der Waals surface area contributed by atoms with Gasteiger partial charge in [0.05, 0.1) is 12.3 Å². The van der Waals surface area contributed by atoms with Gasteiger partial charge in [0.25, 0.3) is 11.7 Å². The molecule has 1 N–H and O–H groups in total. The molecule has 0 saturated carbocycles. The predicted molar refractivity (Wildman–Crippen MR) is 100 cm³/mol. The van der Waals surface area contributed by atoms with Crippen molar-refractivity contribution in [2.24, 2.45) is 0 Å². The Labute approximate surface area is 157 Å². The Balaban J connectivity index is 1.38. The summed E-state index contributed by atoms with van der Waals surface area (Å²) < 4.78 is 7.07. The molecule has 27 heavy (non-hydrogen) atoms. The number of thiazole rings is 1. The van der Waals surface area contributed by atoms with Crippen molar-refractivity contribution in [1.82, 2.24) is 24.6 Å². The molecule has 3 aromatic heterocycles. The van der Waals surface area contributed by atoms with E-state index < -0.39 is 5.91 Å². The summed E-state index contributed by atoms with van der Waals surface area (Å²) in [6, 6.07) is 7.83. The number of aryl methyl sites for hydroxylation is 1. The van der Waals surface area contributed by atoms with E-state index in [9.17, 15) is 4.79 Å². The van der Waals surface area contributed by atoms with Crippen LogP contribution in [0.3, 0.4) is 0 Å². The number of nitrogens with zero attached hydrogens (tertiary/aromatic N) is 5. The van der Waals surface area contributed by atoms with Crippen molar-refractivity contribution in [3.63, 3.8) is 0 Å². The van der Waals surface area contributed by atoms with Crippen LogP contribution in [0.1, 0.15) is 21.9 Å². The largest absolute Gasteiger partial charge is 0.493 e. The third-order valence-electron chi connectivity index (χ3n) is 4.34. The number of aromatic nitrogens is 5.